The lowest BCUT2D eigenvalue weighted by Gasteiger charge is -2.44. The molecule has 0 bridgehead atoms. The first-order chi connectivity index (χ1) is 14.6. The second-order valence-corrected chi connectivity index (χ2v) is 8.60. The van der Waals surface area contributed by atoms with E-state index in [1.807, 2.05) is 0 Å². The fourth-order valence-corrected chi connectivity index (χ4v) is 4.65. The maximum atomic E-state index is 12.0. The number of nitrogens with one attached hydrogen (secondary N) is 1. The van der Waals surface area contributed by atoms with Gasteiger partial charge in [0.2, 0.25) is 5.82 Å². The van der Waals surface area contributed by atoms with Crippen LogP contribution in [0.5, 0.6) is 0 Å². The van der Waals surface area contributed by atoms with Crippen molar-refractivity contribution in [1.29, 1.82) is 0 Å². The van der Waals surface area contributed by atoms with Gasteiger partial charge in [0.25, 0.3) is 5.91 Å². The Balaban J connectivity index is 0.000000339. The fourth-order valence-electron chi connectivity index (χ4n) is 3.99. The van der Waals surface area contributed by atoms with E-state index in [2.05, 4.69) is 41.8 Å². The van der Waals surface area contributed by atoms with E-state index in [1.165, 1.54) is 18.4 Å². The minimum absolute atomic E-state index is 0.138. The van der Waals surface area contributed by atoms with Gasteiger partial charge in [-0.15, -0.1) is 10.2 Å². The van der Waals surface area contributed by atoms with Crippen LogP contribution in [0.1, 0.15) is 41.3 Å². The first-order valence-electron chi connectivity index (χ1n) is 9.81. The summed E-state index contributed by atoms with van der Waals surface area (Å²) in [6.45, 7) is 4.19. The summed E-state index contributed by atoms with van der Waals surface area (Å²) in [4.78, 5) is 23.5. The van der Waals surface area contributed by atoms with Gasteiger partial charge in [0.05, 0.1) is 0 Å². The molecule has 1 saturated heterocycles. The van der Waals surface area contributed by atoms with Crippen LogP contribution in [0.25, 0.3) is 0 Å². The van der Waals surface area contributed by atoms with Gasteiger partial charge < -0.3 is 15.0 Å². The van der Waals surface area contributed by atoms with Crippen LogP contribution in [0.15, 0.2) is 16.8 Å². The molecule has 170 valence electrons. The van der Waals surface area contributed by atoms with Crippen LogP contribution in [0, 0.1) is 5.41 Å². The Kier molecular flexibility index (Phi) is 6.99. The predicted octanol–water partition coefficient (Wildman–Crippen LogP) is 2.56. The molecule has 2 N–H and O–H groups in total. The zero-order chi connectivity index (χ0) is 22.6. The quantitative estimate of drug-likeness (QED) is 0.732. The number of halogens is 3. The van der Waals surface area contributed by atoms with E-state index < -0.39 is 12.1 Å². The first-order valence-corrected chi connectivity index (χ1v) is 10.8. The van der Waals surface area contributed by atoms with Gasteiger partial charge >= 0.3 is 12.1 Å². The second kappa shape index (κ2) is 9.35. The lowest BCUT2D eigenvalue weighted by Crippen LogP contribution is -2.44. The number of fused-ring (bicyclic) bond motifs is 1. The third-order valence-corrected chi connectivity index (χ3v) is 6.51. The van der Waals surface area contributed by atoms with Crippen LogP contribution >= 0.6 is 11.3 Å². The summed E-state index contributed by atoms with van der Waals surface area (Å²) in [5, 5.41) is 22.5. The van der Waals surface area contributed by atoms with Gasteiger partial charge in [-0.3, -0.25) is 9.69 Å². The highest BCUT2D eigenvalue weighted by atomic mass is 32.1. The number of rotatable bonds is 3. The number of aromatic nitrogens is 3. The molecule has 4 heterocycles. The molecule has 2 aliphatic rings. The number of aliphatic carboxylic acids is 1. The Hall–Kier alpha value is -2.47. The molecule has 8 nitrogen and oxygen atoms in total. The molecule has 4 rings (SSSR count). The van der Waals surface area contributed by atoms with Crippen molar-refractivity contribution in [2.75, 3.05) is 20.1 Å². The SMILES string of the molecule is CNC(=O)c1nnc2n1CC1(CC2)CCN(Cc2ccsc2)CC1.O=C(O)C(F)(F)F. The number of piperidine rings is 1. The van der Waals surface area contributed by atoms with Gasteiger partial charge in [0.15, 0.2) is 0 Å². The summed E-state index contributed by atoms with van der Waals surface area (Å²) in [5.41, 5.74) is 1.71. The zero-order valence-electron chi connectivity index (χ0n) is 17.0. The lowest BCUT2D eigenvalue weighted by molar-refractivity contribution is -0.192. The molecule has 0 atom stereocenters. The van der Waals surface area contributed by atoms with Gasteiger partial charge in [-0.1, -0.05) is 0 Å². The Morgan fingerprint density at radius 3 is 2.48 bits per heavy atom. The van der Waals surface area contributed by atoms with Crippen LogP contribution < -0.4 is 5.32 Å². The number of carboxylic acids is 1. The van der Waals surface area contributed by atoms with Crippen molar-refractivity contribution in [2.45, 2.75) is 44.9 Å². The lowest BCUT2D eigenvalue weighted by atomic mass is 9.73. The van der Waals surface area contributed by atoms with E-state index in [9.17, 15) is 18.0 Å². The number of hydrogen-bond donors (Lipinski definition) is 2. The fraction of sp³-hybridized carbons (Fsp3) is 0.579. The summed E-state index contributed by atoms with van der Waals surface area (Å²) in [6.07, 6.45) is -0.635. The molecule has 1 amide bonds. The van der Waals surface area contributed by atoms with Gasteiger partial charge in [0.1, 0.15) is 5.82 Å². The minimum atomic E-state index is -5.08. The van der Waals surface area contributed by atoms with Crippen molar-refractivity contribution < 1.29 is 27.9 Å². The predicted molar refractivity (Wildman–Crippen MR) is 107 cm³/mol. The first kappa shape index (κ1) is 23.2. The summed E-state index contributed by atoms with van der Waals surface area (Å²) in [5.74, 6) is -1.47. The van der Waals surface area contributed by atoms with Crippen LogP contribution in [-0.4, -0.2) is 63.0 Å². The van der Waals surface area contributed by atoms with Crippen molar-refractivity contribution in [2.24, 2.45) is 5.41 Å². The Morgan fingerprint density at radius 2 is 1.94 bits per heavy atom. The van der Waals surface area contributed by atoms with Crippen LogP contribution in [0.3, 0.4) is 0 Å². The monoisotopic (exact) mass is 459 g/mol. The van der Waals surface area contributed by atoms with Crippen LogP contribution in [-0.2, 0) is 24.3 Å². The van der Waals surface area contributed by atoms with Crippen LogP contribution in [0.2, 0.25) is 0 Å². The smallest absolute Gasteiger partial charge is 0.475 e. The number of aryl methyl sites for hydroxylation is 1. The normalized spacial score (nSPS) is 18.1. The molecule has 2 aromatic rings. The number of carbonyl (C=O) groups is 2. The Labute approximate surface area is 181 Å². The number of thiophene rings is 1. The van der Waals surface area contributed by atoms with Gasteiger partial charge in [-0.2, -0.15) is 24.5 Å². The van der Waals surface area contributed by atoms with Crippen molar-refractivity contribution in [3.63, 3.8) is 0 Å². The molecule has 2 aromatic heterocycles. The molecule has 0 unspecified atom stereocenters. The number of amides is 1. The molecular formula is C19H24F3N5O3S. The molecule has 1 spiro atoms. The van der Waals surface area contributed by atoms with Crippen molar-refractivity contribution in [1.82, 2.24) is 25.0 Å². The van der Waals surface area contributed by atoms with Gasteiger partial charge in [-0.25, -0.2) is 4.79 Å². The number of carbonyl (C=O) groups excluding carboxylic acids is 1. The molecule has 0 saturated carbocycles. The van der Waals surface area contributed by atoms with E-state index in [-0.39, 0.29) is 5.91 Å². The van der Waals surface area contributed by atoms with Gasteiger partial charge in [0, 0.05) is 26.6 Å². The maximum absolute atomic E-state index is 12.0. The van der Waals surface area contributed by atoms with Crippen molar-refractivity contribution in [3.05, 3.63) is 34.0 Å². The third-order valence-electron chi connectivity index (χ3n) is 5.78. The third kappa shape index (κ3) is 5.62. The molecule has 31 heavy (non-hydrogen) atoms. The molecule has 0 aliphatic carbocycles. The maximum Gasteiger partial charge on any atom is 0.490 e. The van der Waals surface area contributed by atoms with Gasteiger partial charge in [-0.05, 0) is 60.2 Å². The number of carboxylic acid groups (broad SMARTS) is 1. The van der Waals surface area contributed by atoms with Crippen LogP contribution in [0.4, 0.5) is 13.2 Å². The minimum Gasteiger partial charge on any atom is -0.475 e. The molecule has 12 heteroatoms. The number of nitrogens with zero attached hydrogens (tertiary/aromatic N) is 4. The molecular weight excluding hydrogens is 435 g/mol. The molecule has 0 aromatic carbocycles. The summed E-state index contributed by atoms with van der Waals surface area (Å²) >= 11 is 1.77. The molecule has 0 radical (unpaired) electrons. The zero-order valence-corrected chi connectivity index (χ0v) is 17.8. The van der Waals surface area contributed by atoms with E-state index >= 15 is 0 Å². The number of hydrogen-bond acceptors (Lipinski definition) is 6. The number of likely N-dealkylation sites (tertiary alicyclic amines) is 1. The topological polar surface area (TPSA) is 100 Å². The number of alkyl halides is 3. The summed E-state index contributed by atoms with van der Waals surface area (Å²) in [7, 11) is 1.64. The highest BCUT2D eigenvalue weighted by Gasteiger charge is 2.40. The molecule has 2 aliphatic heterocycles. The average Bonchev–Trinajstić information content (AvgIpc) is 3.38. The second-order valence-electron chi connectivity index (χ2n) is 7.82. The van der Waals surface area contributed by atoms with Crippen molar-refractivity contribution in [3.8, 4) is 0 Å². The largest absolute Gasteiger partial charge is 0.490 e. The highest BCUT2D eigenvalue weighted by Crippen LogP contribution is 2.41. The Morgan fingerprint density at radius 1 is 1.26 bits per heavy atom. The average molecular weight is 459 g/mol. The standard InChI is InChI=1S/C17H23N5OS.C2HF3O2/c1-18-16(23)15-20-19-14-2-4-17(12-22(14)15)5-7-21(8-6-17)10-13-3-9-24-11-13;3-2(4,5)1(6)7/h3,9,11H,2,4-8,10,12H2,1H3,(H,18,23);(H,6,7). The summed E-state index contributed by atoms with van der Waals surface area (Å²) < 4.78 is 33.8. The molecule has 1 fully saturated rings. The van der Waals surface area contributed by atoms with Crippen molar-refractivity contribution >= 4 is 23.2 Å². The Bertz CT molecular complexity index is 906. The van der Waals surface area contributed by atoms with E-state index in [1.54, 1.807) is 18.4 Å². The van der Waals surface area contributed by atoms with E-state index in [0.29, 0.717) is 11.2 Å². The van der Waals surface area contributed by atoms with E-state index in [4.69, 9.17) is 9.90 Å². The highest BCUT2D eigenvalue weighted by molar-refractivity contribution is 7.07. The summed E-state index contributed by atoms with van der Waals surface area (Å²) in [6, 6.07) is 2.22. The van der Waals surface area contributed by atoms with E-state index in [0.717, 1.165) is 44.8 Å².